The van der Waals surface area contributed by atoms with Crippen LogP contribution >= 0.6 is 0 Å². The molecule has 0 bridgehead atoms. The van der Waals surface area contributed by atoms with Crippen molar-refractivity contribution >= 4 is 22.7 Å². The molecule has 0 radical (unpaired) electrons. The zero-order valence-corrected chi connectivity index (χ0v) is 19.7. The van der Waals surface area contributed by atoms with E-state index < -0.39 is 0 Å². The average Bonchev–Trinajstić information content (AvgIpc) is 2.89. The van der Waals surface area contributed by atoms with E-state index in [1.165, 1.54) is 0 Å². The predicted molar refractivity (Wildman–Crippen MR) is 136 cm³/mol. The van der Waals surface area contributed by atoms with Crippen LogP contribution in [0.3, 0.4) is 0 Å². The van der Waals surface area contributed by atoms with Crippen LogP contribution in [0.25, 0.3) is 11.0 Å². The fraction of sp³-hybridized carbons (Fsp3) is 0.259. The van der Waals surface area contributed by atoms with Crippen molar-refractivity contribution in [1.29, 1.82) is 0 Å². The second-order valence-electron chi connectivity index (χ2n) is 8.37. The quantitative estimate of drug-likeness (QED) is 0.436. The van der Waals surface area contributed by atoms with Crippen molar-refractivity contribution in [3.05, 3.63) is 87.6 Å². The molecule has 8 heteroatoms. The lowest BCUT2D eigenvalue weighted by Crippen LogP contribution is -2.33. The van der Waals surface area contributed by atoms with Gasteiger partial charge in [0.2, 0.25) is 5.95 Å². The Hall–Kier alpha value is -4.06. The number of aryl methyl sites for hydroxylation is 1. The van der Waals surface area contributed by atoms with Crippen molar-refractivity contribution in [3.8, 4) is 11.8 Å². The number of nitrogens with one attached hydrogen (secondary N) is 2. The molecule has 1 unspecified atom stereocenters. The van der Waals surface area contributed by atoms with E-state index in [0.29, 0.717) is 30.3 Å². The van der Waals surface area contributed by atoms with Gasteiger partial charge in [0.15, 0.2) is 0 Å². The van der Waals surface area contributed by atoms with Gasteiger partial charge in [-0.15, -0.1) is 5.92 Å². The third kappa shape index (κ3) is 4.92. The smallest absolute Gasteiger partial charge is 0.268 e. The number of fused-ring (bicyclic) bond motifs is 1. The second-order valence-corrected chi connectivity index (χ2v) is 8.37. The topological polar surface area (TPSA) is 94.0 Å². The van der Waals surface area contributed by atoms with Crippen LogP contribution in [0.15, 0.2) is 59.7 Å². The molecular formula is C27H26N6O2. The highest BCUT2D eigenvalue weighted by Crippen LogP contribution is 2.23. The summed E-state index contributed by atoms with van der Waals surface area (Å²) in [4.78, 5) is 26.9. The van der Waals surface area contributed by atoms with Crippen LogP contribution in [-0.2, 0) is 11.3 Å². The molecule has 2 N–H and O–H groups in total. The highest BCUT2D eigenvalue weighted by atomic mass is 16.5. The third-order valence-corrected chi connectivity index (χ3v) is 5.98. The lowest BCUT2D eigenvalue weighted by molar-refractivity contribution is 0.0277. The molecule has 5 rings (SSSR count). The summed E-state index contributed by atoms with van der Waals surface area (Å²) in [6, 6.07) is 13.6. The zero-order chi connectivity index (χ0) is 24.2. The van der Waals surface area contributed by atoms with Gasteiger partial charge >= 0.3 is 0 Å². The molecule has 8 nitrogen and oxygen atoms in total. The van der Waals surface area contributed by atoms with Crippen molar-refractivity contribution in [3.63, 3.8) is 0 Å². The standard InChI is InChI=1S/C27H26N6O2/c1-3-5-20-14-21-15-30-27(31-22-9-7-19(8-10-22)24-16-28-12-13-35-24)32-25(21)33(26(20)34)17-23-18(2)6-4-11-29-23/h4,6-11,14-15,24,28H,12-13,16-17H2,1-2H3,(H,30,31,32). The molecule has 35 heavy (non-hydrogen) atoms. The first-order valence-electron chi connectivity index (χ1n) is 11.6. The van der Waals surface area contributed by atoms with Gasteiger partial charge < -0.3 is 15.4 Å². The fourth-order valence-corrected chi connectivity index (χ4v) is 4.11. The van der Waals surface area contributed by atoms with Gasteiger partial charge in [0.25, 0.3) is 5.56 Å². The maximum absolute atomic E-state index is 13.3. The van der Waals surface area contributed by atoms with Gasteiger partial charge in [0.05, 0.1) is 30.5 Å². The number of hydrogen-bond donors (Lipinski definition) is 2. The molecule has 1 aliphatic rings. The Bertz CT molecular complexity index is 1480. The minimum atomic E-state index is -0.202. The van der Waals surface area contributed by atoms with Crippen molar-refractivity contribution in [2.45, 2.75) is 26.5 Å². The summed E-state index contributed by atoms with van der Waals surface area (Å²) in [5, 5.41) is 7.33. The van der Waals surface area contributed by atoms with E-state index in [-0.39, 0.29) is 11.7 Å². The Balaban J connectivity index is 1.49. The monoisotopic (exact) mass is 466 g/mol. The maximum Gasteiger partial charge on any atom is 0.268 e. The van der Waals surface area contributed by atoms with Crippen LogP contribution in [0.5, 0.6) is 0 Å². The molecule has 0 amide bonds. The van der Waals surface area contributed by atoms with E-state index >= 15 is 0 Å². The number of ether oxygens (including phenoxy) is 1. The first-order valence-corrected chi connectivity index (χ1v) is 11.6. The summed E-state index contributed by atoms with van der Waals surface area (Å²) in [5.41, 5.74) is 4.51. The van der Waals surface area contributed by atoms with E-state index in [9.17, 15) is 4.79 Å². The van der Waals surface area contributed by atoms with Gasteiger partial charge in [-0.05, 0) is 49.2 Å². The van der Waals surface area contributed by atoms with Crippen molar-refractivity contribution in [2.75, 3.05) is 25.0 Å². The van der Waals surface area contributed by atoms with Crippen LogP contribution in [-0.4, -0.2) is 39.2 Å². The maximum atomic E-state index is 13.3. The minimum Gasteiger partial charge on any atom is -0.371 e. The number of anilines is 2. The van der Waals surface area contributed by atoms with Gasteiger partial charge in [-0.25, -0.2) is 4.98 Å². The van der Waals surface area contributed by atoms with Crippen molar-refractivity contribution in [1.82, 2.24) is 24.8 Å². The fourth-order valence-electron chi connectivity index (χ4n) is 4.11. The molecule has 0 saturated carbocycles. The Morgan fingerprint density at radius 1 is 1.23 bits per heavy atom. The van der Waals surface area contributed by atoms with Gasteiger partial charge in [-0.2, -0.15) is 4.98 Å². The van der Waals surface area contributed by atoms with Gasteiger partial charge in [-0.3, -0.25) is 14.3 Å². The average molecular weight is 467 g/mol. The predicted octanol–water partition coefficient (Wildman–Crippen LogP) is 3.32. The number of rotatable bonds is 5. The molecule has 1 aliphatic heterocycles. The van der Waals surface area contributed by atoms with Crippen LogP contribution in [0.4, 0.5) is 11.6 Å². The highest BCUT2D eigenvalue weighted by Gasteiger charge is 2.16. The summed E-state index contributed by atoms with van der Waals surface area (Å²) >= 11 is 0. The largest absolute Gasteiger partial charge is 0.371 e. The Labute approximate surface area is 203 Å². The third-order valence-electron chi connectivity index (χ3n) is 5.98. The van der Waals surface area contributed by atoms with E-state index in [2.05, 4.69) is 32.4 Å². The number of morpholine rings is 1. The molecule has 1 atom stereocenters. The van der Waals surface area contributed by atoms with Crippen LogP contribution in [0.1, 0.15) is 35.4 Å². The molecule has 0 spiro atoms. The van der Waals surface area contributed by atoms with E-state index in [1.807, 2.05) is 43.3 Å². The van der Waals surface area contributed by atoms with Crippen molar-refractivity contribution < 1.29 is 4.74 Å². The van der Waals surface area contributed by atoms with Gasteiger partial charge in [0, 0.05) is 36.6 Å². The van der Waals surface area contributed by atoms with Gasteiger partial charge in [0.1, 0.15) is 5.65 Å². The number of benzene rings is 1. The lowest BCUT2D eigenvalue weighted by atomic mass is 10.1. The molecule has 4 heterocycles. The molecular weight excluding hydrogens is 440 g/mol. The number of pyridine rings is 2. The number of aromatic nitrogens is 4. The molecule has 1 aromatic carbocycles. The second kappa shape index (κ2) is 10.1. The number of hydrogen-bond acceptors (Lipinski definition) is 7. The summed E-state index contributed by atoms with van der Waals surface area (Å²) in [6.07, 6.45) is 3.49. The molecule has 1 saturated heterocycles. The van der Waals surface area contributed by atoms with Crippen molar-refractivity contribution in [2.24, 2.45) is 0 Å². The highest BCUT2D eigenvalue weighted by molar-refractivity contribution is 5.77. The first kappa shape index (κ1) is 22.7. The lowest BCUT2D eigenvalue weighted by Gasteiger charge is -2.24. The summed E-state index contributed by atoms with van der Waals surface area (Å²) < 4.78 is 7.44. The van der Waals surface area contributed by atoms with E-state index in [1.54, 1.807) is 30.0 Å². The number of nitrogens with zero attached hydrogens (tertiary/aromatic N) is 4. The van der Waals surface area contributed by atoms with Crippen LogP contribution < -0.4 is 16.2 Å². The molecule has 3 aromatic heterocycles. The normalized spacial score (nSPS) is 15.4. The SMILES string of the molecule is CC#Cc1cc2cnc(Nc3ccc(C4CNCCO4)cc3)nc2n(Cc2ncccc2C)c1=O. The Morgan fingerprint density at radius 3 is 2.83 bits per heavy atom. The molecule has 4 aromatic rings. The molecule has 1 fully saturated rings. The zero-order valence-electron chi connectivity index (χ0n) is 19.7. The molecule has 0 aliphatic carbocycles. The summed E-state index contributed by atoms with van der Waals surface area (Å²) in [5.74, 6) is 6.13. The Kier molecular flexibility index (Phi) is 6.53. The van der Waals surface area contributed by atoms with Crippen LogP contribution in [0, 0.1) is 18.8 Å². The Morgan fingerprint density at radius 2 is 2.09 bits per heavy atom. The van der Waals surface area contributed by atoms with E-state index in [4.69, 9.17) is 9.72 Å². The first-order chi connectivity index (χ1) is 17.1. The molecule has 176 valence electrons. The van der Waals surface area contributed by atoms with E-state index in [0.717, 1.165) is 41.0 Å². The summed E-state index contributed by atoms with van der Waals surface area (Å²) in [6.45, 7) is 6.38. The van der Waals surface area contributed by atoms with Crippen LogP contribution in [0.2, 0.25) is 0 Å². The summed E-state index contributed by atoms with van der Waals surface area (Å²) in [7, 11) is 0. The van der Waals surface area contributed by atoms with Gasteiger partial charge in [-0.1, -0.05) is 24.1 Å². The minimum absolute atomic E-state index is 0.0552.